The molecule has 0 aliphatic carbocycles. The van der Waals surface area contributed by atoms with Gasteiger partial charge in [-0.15, -0.1) is 21.5 Å². The van der Waals surface area contributed by atoms with E-state index in [1.807, 2.05) is 69.0 Å². The van der Waals surface area contributed by atoms with Gasteiger partial charge in [-0.05, 0) is 78.4 Å². The smallest absolute Gasteiger partial charge is 0.246 e. The molecule has 0 radical (unpaired) electrons. The number of hydrogen-bond donors (Lipinski definition) is 5. The van der Waals surface area contributed by atoms with Crippen molar-refractivity contribution in [2.75, 3.05) is 43.4 Å². The van der Waals surface area contributed by atoms with Crippen molar-refractivity contribution >= 4 is 46.5 Å². The SMILES string of the molecule is Cc1ccsc1-c1ccc([C@H](C)NC(=O)[C@@H]2C[C@@H](O)CN2C(=O)[C@@H](NC(=O)CCCCCCC(=O)N2CCN(c3cc(-c4ccccc4O)nnc3N)CC2)C(C)(C)C)cc1. The summed E-state index contributed by atoms with van der Waals surface area (Å²) in [6, 6.07) is 16.8. The zero-order valence-electron chi connectivity index (χ0n) is 35.9. The van der Waals surface area contributed by atoms with Crippen molar-refractivity contribution in [3.8, 4) is 27.4 Å². The van der Waals surface area contributed by atoms with Crippen LogP contribution in [-0.2, 0) is 19.2 Å². The number of aryl methyl sites for hydroxylation is 1. The van der Waals surface area contributed by atoms with Crippen molar-refractivity contribution in [2.24, 2.45) is 5.41 Å². The van der Waals surface area contributed by atoms with Gasteiger partial charge in [-0.25, -0.2) is 0 Å². The van der Waals surface area contributed by atoms with Crippen LogP contribution in [0.2, 0.25) is 0 Å². The first kappa shape index (κ1) is 45.0. The van der Waals surface area contributed by atoms with Gasteiger partial charge in [0.15, 0.2) is 5.82 Å². The van der Waals surface area contributed by atoms with E-state index in [9.17, 15) is 29.4 Å². The lowest BCUT2D eigenvalue weighted by Gasteiger charge is -2.36. The van der Waals surface area contributed by atoms with E-state index in [2.05, 4.69) is 44.1 Å². The molecule has 4 atom stereocenters. The molecule has 2 aliphatic heterocycles. The summed E-state index contributed by atoms with van der Waals surface area (Å²) in [7, 11) is 0. The molecule has 4 aromatic rings. The number of aliphatic hydroxyl groups excluding tert-OH is 1. The molecule has 2 aromatic heterocycles. The second-order valence-corrected chi connectivity index (χ2v) is 18.3. The molecule has 4 heterocycles. The van der Waals surface area contributed by atoms with Crippen LogP contribution in [0.1, 0.15) is 89.8 Å². The maximum atomic E-state index is 14.1. The standard InChI is InChI=1S/C46H60N8O6S/c1-29-20-25-61-41(29)32-18-16-31(17-19-32)30(2)48-44(59)37-26-33(55)28-54(37)45(60)42(46(3,4)5)49-39(57)14-8-6-7-9-15-40(58)53-23-21-52(22-24-53)36-27-35(50-51-43(36)47)34-12-10-11-13-38(34)56/h10-13,16-20,25,27,30,33,37,42,55-56H,6-9,14-15,21-24,26,28H2,1-5H3,(H2,47,51)(H,48,59)(H,49,57)/t30-,33+,37-,42+/m0/s1. The highest BCUT2D eigenvalue weighted by Crippen LogP contribution is 2.33. The largest absolute Gasteiger partial charge is 0.507 e. The number of anilines is 2. The van der Waals surface area contributed by atoms with Crippen molar-refractivity contribution in [3.63, 3.8) is 0 Å². The lowest BCUT2D eigenvalue weighted by Crippen LogP contribution is -2.57. The number of hydrogen-bond acceptors (Lipinski definition) is 11. The number of para-hydroxylation sites is 1. The van der Waals surface area contributed by atoms with Gasteiger partial charge in [0, 0.05) is 62.4 Å². The molecule has 6 rings (SSSR count). The maximum Gasteiger partial charge on any atom is 0.246 e. The number of phenolic OH excluding ortho intramolecular Hbond substituents is 1. The summed E-state index contributed by atoms with van der Waals surface area (Å²) >= 11 is 1.69. The van der Waals surface area contributed by atoms with E-state index in [4.69, 9.17) is 5.73 Å². The summed E-state index contributed by atoms with van der Waals surface area (Å²) in [6.45, 7) is 11.9. The Morgan fingerprint density at radius 3 is 2.26 bits per heavy atom. The fourth-order valence-electron chi connectivity index (χ4n) is 8.07. The number of aliphatic hydroxyl groups is 1. The van der Waals surface area contributed by atoms with Gasteiger partial charge < -0.3 is 41.3 Å². The molecular formula is C46H60N8O6S. The summed E-state index contributed by atoms with van der Waals surface area (Å²) in [5.74, 6) is -0.498. The minimum absolute atomic E-state index is 0.00951. The Morgan fingerprint density at radius 1 is 0.918 bits per heavy atom. The number of benzene rings is 2. The molecule has 326 valence electrons. The summed E-state index contributed by atoms with van der Waals surface area (Å²) < 4.78 is 0. The van der Waals surface area contributed by atoms with Crippen LogP contribution >= 0.6 is 11.3 Å². The molecule has 14 nitrogen and oxygen atoms in total. The van der Waals surface area contributed by atoms with Crippen LogP contribution in [0.5, 0.6) is 5.75 Å². The van der Waals surface area contributed by atoms with Crippen molar-refractivity contribution in [2.45, 2.75) is 104 Å². The number of nitrogen functional groups attached to an aromatic ring is 1. The van der Waals surface area contributed by atoms with E-state index in [1.54, 1.807) is 29.5 Å². The number of aromatic nitrogens is 2. The monoisotopic (exact) mass is 852 g/mol. The third-order valence-electron chi connectivity index (χ3n) is 11.7. The van der Waals surface area contributed by atoms with Crippen LogP contribution in [0, 0.1) is 12.3 Å². The van der Waals surface area contributed by atoms with E-state index in [0.717, 1.165) is 29.7 Å². The van der Waals surface area contributed by atoms with Gasteiger partial charge in [-0.2, -0.15) is 0 Å². The number of unbranched alkanes of at least 4 members (excludes halogenated alkanes) is 3. The molecule has 2 aromatic carbocycles. The Morgan fingerprint density at radius 2 is 1.61 bits per heavy atom. The van der Waals surface area contributed by atoms with Crippen molar-refractivity contribution in [1.29, 1.82) is 0 Å². The number of nitrogens with one attached hydrogen (secondary N) is 2. The number of nitrogens with two attached hydrogens (primary N) is 1. The minimum atomic E-state index is -0.894. The highest BCUT2D eigenvalue weighted by atomic mass is 32.1. The van der Waals surface area contributed by atoms with Crippen molar-refractivity contribution in [1.82, 2.24) is 30.6 Å². The highest BCUT2D eigenvalue weighted by molar-refractivity contribution is 7.13. The molecule has 15 heteroatoms. The second-order valence-electron chi connectivity index (χ2n) is 17.3. The topological polar surface area (TPSA) is 194 Å². The number of β-amino-alcohol motifs (C(OH)–C–C–N with tert-alkyl or cyclic N) is 1. The Labute approximate surface area is 362 Å². The lowest BCUT2D eigenvalue weighted by molar-refractivity contribution is -0.144. The third kappa shape index (κ3) is 11.2. The highest BCUT2D eigenvalue weighted by Gasteiger charge is 2.44. The molecule has 2 saturated heterocycles. The Kier molecular flexibility index (Phi) is 14.7. The van der Waals surface area contributed by atoms with Gasteiger partial charge in [0.05, 0.1) is 23.5 Å². The van der Waals surface area contributed by atoms with Gasteiger partial charge in [0.1, 0.15) is 17.8 Å². The quantitative estimate of drug-likeness (QED) is 0.0910. The number of carbonyl (C=O) groups is 4. The van der Waals surface area contributed by atoms with E-state index >= 15 is 0 Å². The number of likely N-dealkylation sites (tertiary alicyclic amines) is 1. The molecular weight excluding hydrogens is 793 g/mol. The zero-order chi connectivity index (χ0) is 43.8. The first-order valence-corrected chi connectivity index (χ1v) is 22.2. The second kappa shape index (κ2) is 19.9. The number of rotatable bonds is 15. The number of phenols is 1. The molecule has 4 amide bonds. The van der Waals surface area contributed by atoms with Crippen LogP contribution in [-0.4, -0.2) is 105 Å². The van der Waals surface area contributed by atoms with Crippen LogP contribution in [0.4, 0.5) is 11.5 Å². The summed E-state index contributed by atoms with van der Waals surface area (Å²) in [6.07, 6.45) is 2.75. The fraction of sp³-hybridized carbons (Fsp3) is 0.478. The molecule has 0 spiro atoms. The van der Waals surface area contributed by atoms with Gasteiger partial charge >= 0.3 is 0 Å². The van der Waals surface area contributed by atoms with E-state index in [-0.39, 0.29) is 48.9 Å². The average molecular weight is 853 g/mol. The Hall–Kier alpha value is -5.54. The van der Waals surface area contributed by atoms with E-state index in [1.165, 1.54) is 15.3 Å². The predicted octanol–water partition coefficient (Wildman–Crippen LogP) is 5.83. The molecule has 2 fully saturated rings. The number of nitrogens with zero attached hydrogens (tertiary/aromatic N) is 5. The summed E-state index contributed by atoms with van der Waals surface area (Å²) in [5.41, 5.74) is 10.6. The van der Waals surface area contributed by atoms with Gasteiger partial charge in [0.25, 0.3) is 0 Å². The minimum Gasteiger partial charge on any atom is -0.507 e. The summed E-state index contributed by atoms with van der Waals surface area (Å²) in [4.78, 5) is 60.6. The van der Waals surface area contributed by atoms with Crippen molar-refractivity contribution < 1.29 is 29.4 Å². The van der Waals surface area contributed by atoms with E-state index in [0.29, 0.717) is 62.5 Å². The number of thiophene rings is 1. The van der Waals surface area contributed by atoms with E-state index < -0.39 is 29.5 Å². The van der Waals surface area contributed by atoms with Crippen LogP contribution in [0.25, 0.3) is 21.7 Å². The molecule has 2 aliphatic rings. The number of piperazine rings is 1. The number of amides is 4. The first-order chi connectivity index (χ1) is 29.1. The van der Waals surface area contributed by atoms with Crippen LogP contribution in [0.3, 0.4) is 0 Å². The van der Waals surface area contributed by atoms with Gasteiger partial charge in [0.2, 0.25) is 23.6 Å². The molecule has 61 heavy (non-hydrogen) atoms. The number of carbonyl (C=O) groups excluding carboxylic acids is 4. The molecule has 6 N–H and O–H groups in total. The molecule has 0 unspecified atom stereocenters. The van der Waals surface area contributed by atoms with Gasteiger partial charge in [-0.3, -0.25) is 19.2 Å². The fourth-order valence-corrected chi connectivity index (χ4v) is 9.01. The molecule has 0 bridgehead atoms. The Bertz CT molecular complexity index is 2160. The first-order valence-electron chi connectivity index (χ1n) is 21.3. The average Bonchev–Trinajstić information content (AvgIpc) is 3.86. The predicted molar refractivity (Wildman–Crippen MR) is 239 cm³/mol. The number of aromatic hydroxyl groups is 1. The normalized spacial score (nSPS) is 17.8. The van der Waals surface area contributed by atoms with Gasteiger partial charge in [-0.1, -0.05) is 70.0 Å². The zero-order valence-corrected chi connectivity index (χ0v) is 36.7. The Balaban J connectivity index is 0.922. The lowest BCUT2D eigenvalue weighted by atomic mass is 9.85. The third-order valence-corrected chi connectivity index (χ3v) is 12.7. The van der Waals surface area contributed by atoms with Crippen molar-refractivity contribution in [3.05, 3.63) is 77.2 Å². The maximum absolute atomic E-state index is 14.1. The van der Waals surface area contributed by atoms with Crippen LogP contribution in [0.15, 0.2) is 66.0 Å². The molecule has 0 saturated carbocycles. The summed E-state index contributed by atoms with van der Waals surface area (Å²) in [5, 5.41) is 37.3. The van der Waals surface area contributed by atoms with Crippen LogP contribution < -0.4 is 21.3 Å².